The summed E-state index contributed by atoms with van der Waals surface area (Å²) < 4.78 is 19.1. The Morgan fingerprint density at radius 2 is 2.25 bits per heavy atom. The highest BCUT2D eigenvalue weighted by Crippen LogP contribution is 2.30. The van der Waals surface area contributed by atoms with Gasteiger partial charge in [0.1, 0.15) is 17.8 Å². The van der Waals surface area contributed by atoms with Gasteiger partial charge in [-0.05, 0) is 13.0 Å². The smallest absolute Gasteiger partial charge is 0.275 e. The highest BCUT2D eigenvalue weighted by molar-refractivity contribution is 5.63. The second kappa shape index (κ2) is 4.68. The molecular formula is C13H12FN3O3. The Labute approximate surface area is 113 Å². The minimum atomic E-state index is -0.621. The van der Waals surface area contributed by atoms with Gasteiger partial charge in [0.05, 0.1) is 16.4 Å². The van der Waals surface area contributed by atoms with E-state index in [0.717, 1.165) is 13.1 Å². The van der Waals surface area contributed by atoms with E-state index in [1.807, 2.05) is 0 Å². The molecule has 1 aliphatic heterocycles. The van der Waals surface area contributed by atoms with Crippen LogP contribution in [0.25, 0.3) is 11.3 Å². The molecule has 0 bridgehead atoms. The van der Waals surface area contributed by atoms with Gasteiger partial charge in [0.2, 0.25) is 0 Å². The van der Waals surface area contributed by atoms with Crippen molar-refractivity contribution in [1.82, 2.24) is 10.3 Å². The Hall–Kier alpha value is -2.28. The maximum Gasteiger partial charge on any atom is 0.275 e. The Morgan fingerprint density at radius 3 is 2.85 bits per heavy atom. The third kappa shape index (κ3) is 2.05. The van der Waals surface area contributed by atoms with Crippen LogP contribution in [-0.2, 0) is 0 Å². The fraction of sp³-hybridized carbons (Fsp3) is 0.308. The van der Waals surface area contributed by atoms with Crippen LogP contribution >= 0.6 is 0 Å². The van der Waals surface area contributed by atoms with E-state index in [-0.39, 0.29) is 17.2 Å². The monoisotopic (exact) mass is 277 g/mol. The second-order valence-corrected chi connectivity index (χ2v) is 4.79. The number of hydrogen-bond acceptors (Lipinski definition) is 5. The predicted molar refractivity (Wildman–Crippen MR) is 68.9 cm³/mol. The standard InChI is InChI=1S/C13H12FN3O3/c1-7-10(14)2-8(3-12(7)17(18)19)11-6-20-13(16-11)9-4-15-5-9/h2-3,6,9,15H,4-5H2,1H3. The van der Waals surface area contributed by atoms with Crippen molar-refractivity contribution in [2.75, 3.05) is 13.1 Å². The molecule has 1 fully saturated rings. The molecule has 0 amide bonds. The van der Waals surface area contributed by atoms with E-state index in [1.165, 1.54) is 25.3 Å². The third-order valence-corrected chi connectivity index (χ3v) is 3.46. The highest BCUT2D eigenvalue weighted by atomic mass is 19.1. The number of nitro benzene ring substituents is 1. The first kappa shape index (κ1) is 12.7. The van der Waals surface area contributed by atoms with Crippen molar-refractivity contribution >= 4 is 5.69 Å². The highest BCUT2D eigenvalue weighted by Gasteiger charge is 2.25. The molecule has 3 rings (SSSR count). The molecule has 1 saturated heterocycles. The number of oxazole rings is 1. The average Bonchev–Trinajstić information content (AvgIpc) is 2.79. The Kier molecular flexibility index (Phi) is 2.98. The summed E-state index contributed by atoms with van der Waals surface area (Å²) in [5.74, 6) is 0.167. The molecule has 2 heterocycles. The molecule has 1 aromatic carbocycles. The van der Waals surface area contributed by atoms with Crippen LogP contribution < -0.4 is 5.32 Å². The molecule has 7 heteroatoms. The summed E-state index contributed by atoms with van der Waals surface area (Å²) in [5.41, 5.74) is 0.525. The number of rotatable bonds is 3. The minimum Gasteiger partial charge on any atom is -0.448 e. The number of nitrogens with zero attached hydrogens (tertiary/aromatic N) is 2. The topological polar surface area (TPSA) is 81.2 Å². The summed E-state index contributed by atoms with van der Waals surface area (Å²) in [6, 6.07) is 2.56. The normalized spacial score (nSPS) is 15.1. The van der Waals surface area contributed by atoms with E-state index >= 15 is 0 Å². The fourth-order valence-corrected chi connectivity index (χ4v) is 2.07. The van der Waals surface area contributed by atoms with Gasteiger partial charge in [-0.25, -0.2) is 9.37 Å². The lowest BCUT2D eigenvalue weighted by atomic mass is 10.0. The number of nitrogens with one attached hydrogen (secondary N) is 1. The van der Waals surface area contributed by atoms with Crippen molar-refractivity contribution in [1.29, 1.82) is 0 Å². The van der Waals surface area contributed by atoms with Crippen LogP contribution in [0.1, 0.15) is 17.4 Å². The molecule has 0 aliphatic carbocycles. The van der Waals surface area contributed by atoms with Crippen LogP contribution in [0.2, 0.25) is 0 Å². The van der Waals surface area contributed by atoms with Crippen molar-refractivity contribution < 1.29 is 13.7 Å². The SMILES string of the molecule is Cc1c(F)cc(-c2coc(C3CNC3)n2)cc1[N+](=O)[O-]. The largest absolute Gasteiger partial charge is 0.448 e. The molecule has 0 spiro atoms. The summed E-state index contributed by atoms with van der Waals surface area (Å²) in [6.45, 7) is 2.97. The Morgan fingerprint density at radius 1 is 1.50 bits per heavy atom. The molecule has 1 aliphatic rings. The van der Waals surface area contributed by atoms with Crippen LogP contribution in [0.15, 0.2) is 22.8 Å². The van der Waals surface area contributed by atoms with Crippen LogP contribution in [0.5, 0.6) is 0 Å². The van der Waals surface area contributed by atoms with Gasteiger partial charge in [0.25, 0.3) is 5.69 Å². The minimum absolute atomic E-state index is 0.0191. The molecule has 1 aromatic heterocycles. The van der Waals surface area contributed by atoms with Gasteiger partial charge in [-0.15, -0.1) is 0 Å². The second-order valence-electron chi connectivity index (χ2n) is 4.79. The molecule has 0 radical (unpaired) electrons. The summed E-state index contributed by atoms with van der Waals surface area (Å²) in [5, 5.41) is 14.0. The number of benzene rings is 1. The summed E-state index contributed by atoms with van der Waals surface area (Å²) in [4.78, 5) is 14.6. The number of aromatic nitrogens is 1. The summed E-state index contributed by atoms with van der Waals surface area (Å²) in [6.07, 6.45) is 1.40. The first-order valence-corrected chi connectivity index (χ1v) is 6.17. The van der Waals surface area contributed by atoms with E-state index in [0.29, 0.717) is 17.1 Å². The zero-order chi connectivity index (χ0) is 14.3. The van der Waals surface area contributed by atoms with Crippen LogP contribution in [-0.4, -0.2) is 23.0 Å². The molecule has 0 atom stereocenters. The van der Waals surface area contributed by atoms with Gasteiger partial charge in [-0.2, -0.15) is 0 Å². The van der Waals surface area contributed by atoms with Crippen molar-refractivity contribution in [2.24, 2.45) is 0 Å². The summed E-state index contributed by atoms with van der Waals surface area (Å²) in [7, 11) is 0. The fourth-order valence-electron chi connectivity index (χ4n) is 2.07. The third-order valence-electron chi connectivity index (χ3n) is 3.46. The lowest BCUT2D eigenvalue weighted by Gasteiger charge is -2.23. The zero-order valence-electron chi connectivity index (χ0n) is 10.7. The number of nitro groups is 1. The van der Waals surface area contributed by atoms with E-state index in [4.69, 9.17) is 4.42 Å². The van der Waals surface area contributed by atoms with Crippen LogP contribution in [0.3, 0.4) is 0 Å². The van der Waals surface area contributed by atoms with Crippen LogP contribution in [0.4, 0.5) is 10.1 Å². The predicted octanol–water partition coefficient (Wildman–Crippen LogP) is 2.38. The first-order valence-electron chi connectivity index (χ1n) is 6.17. The van der Waals surface area contributed by atoms with Gasteiger partial charge in [0, 0.05) is 24.7 Å². The lowest BCUT2D eigenvalue weighted by Crippen LogP contribution is -2.40. The molecule has 20 heavy (non-hydrogen) atoms. The molecule has 2 aromatic rings. The number of halogens is 1. The van der Waals surface area contributed by atoms with E-state index in [9.17, 15) is 14.5 Å². The van der Waals surface area contributed by atoms with Gasteiger partial charge in [0.15, 0.2) is 5.89 Å². The first-order chi connectivity index (χ1) is 9.56. The summed E-state index contributed by atoms with van der Waals surface area (Å²) >= 11 is 0. The van der Waals surface area contributed by atoms with Crippen molar-refractivity contribution in [3.05, 3.63) is 45.8 Å². The Bertz CT molecular complexity index is 679. The van der Waals surface area contributed by atoms with Gasteiger partial charge in [-0.1, -0.05) is 0 Å². The molecule has 0 unspecified atom stereocenters. The molecule has 104 valence electrons. The average molecular weight is 277 g/mol. The number of hydrogen-bond donors (Lipinski definition) is 1. The van der Waals surface area contributed by atoms with Crippen molar-refractivity contribution in [3.8, 4) is 11.3 Å². The lowest BCUT2D eigenvalue weighted by molar-refractivity contribution is -0.385. The van der Waals surface area contributed by atoms with E-state index < -0.39 is 10.7 Å². The molecule has 0 saturated carbocycles. The van der Waals surface area contributed by atoms with E-state index in [2.05, 4.69) is 10.3 Å². The molecule has 1 N–H and O–H groups in total. The van der Waals surface area contributed by atoms with Crippen molar-refractivity contribution in [2.45, 2.75) is 12.8 Å². The van der Waals surface area contributed by atoms with E-state index in [1.54, 1.807) is 0 Å². The molecule has 6 nitrogen and oxygen atoms in total. The quantitative estimate of drug-likeness (QED) is 0.688. The van der Waals surface area contributed by atoms with Gasteiger partial charge < -0.3 is 9.73 Å². The van der Waals surface area contributed by atoms with Gasteiger partial charge >= 0.3 is 0 Å². The Balaban J connectivity index is 2.01. The van der Waals surface area contributed by atoms with Crippen LogP contribution in [0, 0.1) is 22.9 Å². The maximum atomic E-state index is 13.8. The zero-order valence-corrected chi connectivity index (χ0v) is 10.7. The molecular weight excluding hydrogens is 265 g/mol. The van der Waals surface area contributed by atoms with Crippen molar-refractivity contribution in [3.63, 3.8) is 0 Å². The maximum absolute atomic E-state index is 13.8. The van der Waals surface area contributed by atoms with Gasteiger partial charge in [-0.3, -0.25) is 10.1 Å².